The summed E-state index contributed by atoms with van der Waals surface area (Å²) in [4.78, 5) is 2.13. The molecule has 3 aromatic rings. The van der Waals surface area contributed by atoms with Gasteiger partial charge in [0.2, 0.25) is 10.0 Å². The van der Waals surface area contributed by atoms with Gasteiger partial charge < -0.3 is 20.3 Å². The minimum atomic E-state index is -3.58. The summed E-state index contributed by atoms with van der Waals surface area (Å²) >= 11 is 0. The summed E-state index contributed by atoms with van der Waals surface area (Å²) in [6.07, 6.45) is 1.44. The van der Waals surface area contributed by atoms with Gasteiger partial charge in [-0.2, -0.15) is 9.78 Å². The van der Waals surface area contributed by atoms with Gasteiger partial charge in [-0.15, -0.1) is 0 Å². The third-order valence-corrected chi connectivity index (χ3v) is 8.33. The number of methoxy groups -OCH3 is 1. The van der Waals surface area contributed by atoms with Gasteiger partial charge in [0, 0.05) is 44.7 Å². The first-order valence-electron chi connectivity index (χ1n) is 12.2. The highest BCUT2D eigenvalue weighted by atomic mass is 32.2. The van der Waals surface area contributed by atoms with E-state index in [0.717, 1.165) is 27.6 Å². The molecule has 9 nitrogen and oxygen atoms in total. The Labute approximate surface area is 223 Å². The van der Waals surface area contributed by atoms with Gasteiger partial charge in [-0.3, -0.25) is 0 Å². The molecule has 2 N–H and O–H groups in total. The Bertz CT molecular complexity index is 1490. The zero-order chi connectivity index (χ0) is 27.4. The number of piperidine rings is 1. The largest absolute Gasteiger partial charge is 0.495 e. The SMILES string of the molecule is C=Cc1c2cccc(N[C@@H]3CCN(C)C[C@@H]3F)c2nn1C#CCNc1ccc(S(=O)(=O)N(C)C)cc1OC. The van der Waals surface area contributed by atoms with Crippen molar-refractivity contribution in [2.45, 2.75) is 23.5 Å². The number of rotatable bonds is 8. The fourth-order valence-electron chi connectivity index (χ4n) is 4.39. The Balaban J connectivity index is 1.53. The molecule has 0 saturated carbocycles. The average molecular weight is 541 g/mol. The van der Waals surface area contributed by atoms with E-state index in [4.69, 9.17) is 4.74 Å². The highest BCUT2D eigenvalue weighted by molar-refractivity contribution is 7.89. The molecule has 38 heavy (non-hydrogen) atoms. The van der Waals surface area contributed by atoms with Crippen molar-refractivity contribution < 1.29 is 17.5 Å². The lowest BCUT2D eigenvalue weighted by molar-refractivity contribution is 0.149. The van der Waals surface area contributed by atoms with Gasteiger partial charge in [0.25, 0.3) is 0 Å². The van der Waals surface area contributed by atoms with Gasteiger partial charge in [0.15, 0.2) is 0 Å². The number of nitrogens with one attached hydrogen (secondary N) is 2. The first-order valence-corrected chi connectivity index (χ1v) is 13.7. The predicted octanol–water partition coefficient (Wildman–Crippen LogP) is 3.31. The van der Waals surface area contributed by atoms with E-state index in [9.17, 15) is 12.8 Å². The quantitative estimate of drug-likeness (QED) is 0.424. The zero-order valence-electron chi connectivity index (χ0n) is 22.0. The molecule has 11 heteroatoms. The molecule has 4 rings (SSSR count). The number of ether oxygens (including phenoxy) is 1. The van der Waals surface area contributed by atoms with Crippen molar-refractivity contribution in [3.05, 3.63) is 48.7 Å². The van der Waals surface area contributed by atoms with Crippen LogP contribution in [0.15, 0.2) is 47.9 Å². The molecule has 1 fully saturated rings. The van der Waals surface area contributed by atoms with Crippen LogP contribution < -0.4 is 15.4 Å². The summed E-state index contributed by atoms with van der Waals surface area (Å²) in [7, 11) is 2.78. The lowest BCUT2D eigenvalue weighted by atomic mass is 10.0. The topological polar surface area (TPSA) is 91.7 Å². The minimum Gasteiger partial charge on any atom is -0.495 e. The third kappa shape index (κ3) is 5.62. The maximum Gasteiger partial charge on any atom is 0.242 e. The van der Waals surface area contributed by atoms with Crippen LogP contribution in [0.25, 0.3) is 17.0 Å². The van der Waals surface area contributed by atoms with Crippen LogP contribution in [0.3, 0.4) is 0 Å². The number of halogens is 1. The first kappa shape index (κ1) is 27.4. The molecular weight excluding hydrogens is 507 g/mol. The van der Waals surface area contributed by atoms with Crippen LogP contribution in [0, 0.1) is 12.0 Å². The van der Waals surface area contributed by atoms with Gasteiger partial charge in [0.1, 0.15) is 17.4 Å². The maximum absolute atomic E-state index is 14.6. The molecule has 0 aliphatic carbocycles. The highest BCUT2D eigenvalue weighted by Crippen LogP contribution is 2.29. The number of sulfonamides is 1. The Morgan fingerprint density at radius 1 is 1.29 bits per heavy atom. The van der Waals surface area contributed by atoms with Crippen molar-refractivity contribution in [1.82, 2.24) is 19.0 Å². The van der Waals surface area contributed by atoms with E-state index >= 15 is 0 Å². The monoisotopic (exact) mass is 540 g/mol. The number of nitrogens with zero attached hydrogens (tertiary/aromatic N) is 4. The first-order chi connectivity index (χ1) is 18.1. The molecule has 2 atom stereocenters. The van der Waals surface area contributed by atoms with Crippen LogP contribution in [-0.4, -0.2) is 87.5 Å². The standard InChI is InChI=1S/C27H33FN6O3S/c1-6-25-20-9-7-10-24(30-22-13-16-33(4)18-21(22)28)27(20)31-34(25)15-8-14-29-23-12-11-19(17-26(23)37-5)38(35,36)32(2)3/h6-7,9-12,17,21-22,29-30H,1,13-14,16,18H2,2-5H3/t21-,22+/m0/s1. The van der Waals surface area contributed by atoms with Gasteiger partial charge in [-0.1, -0.05) is 24.6 Å². The summed E-state index contributed by atoms with van der Waals surface area (Å²) < 4.78 is 47.6. The van der Waals surface area contributed by atoms with Crippen molar-refractivity contribution in [3.63, 3.8) is 0 Å². The molecule has 0 amide bonds. The number of hydrogen-bond acceptors (Lipinski definition) is 7. The van der Waals surface area contributed by atoms with Crippen LogP contribution in [0.4, 0.5) is 15.8 Å². The minimum absolute atomic E-state index is 0.138. The number of fused-ring (bicyclic) bond motifs is 1. The fraction of sp³-hybridized carbons (Fsp3) is 0.370. The Kier molecular flexibility index (Phi) is 8.26. The number of hydrogen-bond donors (Lipinski definition) is 2. The Hall–Kier alpha value is -3.59. The molecule has 2 aromatic carbocycles. The van der Waals surface area contributed by atoms with Crippen molar-refractivity contribution in [2.24, 2.45) is 0 Å². The number of aromatic nitrogens is 2. The molecule has 0 radical (unpaired) electrons. The van der Waals surface area contributed by atoms with Crippen molar-refractivity contribution in [2.75, 3.05) is 58.5 Å². The van der Waals surface area contributed by atoms with E-state index < -0.39 is 16.2 Å². The predicted molar refractivity (Wildman–Crippen MR) is 150 cm³/mol. The Morgan fingerprint density at radius 2 is 2.08 bits per heavy atom. The van der Waals surface area contributed by atoms with Crippen LogP contribution in [0.2, 0.25) is 0 Å². The molecule has 1 aliphatic heterocycles. The van der Waals surface area contributed by atoms with E-state index in [1.807, 2.05) is 30.1 Å². The second-order valence-electron chi connectivity index (χ2n) is 9.31. The van der Waals surface area contributed by atoms with Crippen molar-refractivity contribution >= 4 is 38.4 Å². The lowest BCUT2D eigenvalue weighted by Crippen LogP contribution is -2.46. The van der Waals surface area contributed by atoms with Crippen molar-refractivity contribution in [3.8, 4) is 17.7 Å². The summed E-state index contributed by atoms with van der Waals surface area (Å²) in [6, 6.07) is 13.1. The van der Waals surface area contributed by atoms with E-state index in [-0.39, 0.29) is 17.5 Å². The number of likely N-dealkylation sites (tertiary alicyclic amines) is 1. The summed E-state index contributed by atoms with van der Waals surface area (Å²) in [5.74, 6) is 3.43. The highest BCUT2D eigenvalue weighted by Gasteiger charge is 2.28. The molecule has 202 valence electrons. The van der Waals surface area contributed by atoms with Crippen LogP contribution >= 0.6 is 0 Å². The van der Waals surface area contributed by atoms with E-state index in [1.165, 1.54) is 33.3 Å². The molecule has 1 aliphatic rings. The van der Waals surface area contributed by atoms with Crippen molar-refractivity contribution in [1.29, 1.82) is 0 Å². The average Bonchev–Trinajstić information content (AvgIpc) is 3.26. The zero-order valence-corrected chi connectivity index (χ0v) is 22.8. The fourth-order valence-corrected chi connectivity index (χ4v) is 5.30. The van der Waals surface area contributed by atoms with Crippen LogP contribution in [0.1, 0.15) is 12.1 Å². The maximum atomic E-state index is 14.6. The van der Waals surface area contributed by atoms with Gasteiger partial charge in [-0.05, 0) is 37.7 Å². The van der Waals surface area contributed by atoms with Crippen LogP contribution in [0.5, 0.6) is 5.75 Å². The normalized spacial score (nSPS) is 18.2. The van der Waals surface area contributed by atoms with E-state index in [2.05, 4.69) is 34.3 Å². The van der Waals surface area contributed by atoms with Gasteiger partial charge >= 0.3 is 0 Å². The third-order valence-electron chi connectivity index (χ3n) is 6.52. The van der Waals surface area contributed by atoms with E-state index in [1.54, 1.807) is 16.8 Å². The molecule has 0 unspecified atom stereocenters. The summed E-state index contributed by atoms with van der Waals surface area (Å²) in [5, 5.41) is 12.1. The second kappa shape index (κ2) is 11.4. The van der Waals surface area contributed by atoms with E-state index in [0.29, 0.717) is 29.9 Å². The summed E-state index contributed by atoms with van der Waals surface area (Å²) in [6.45, 7) is 5.41. The van der Waals surface area contributed by atoms with Gasteiger partial charge in [0.05, 0.1) is 41.7 Å². The van der Waals surface area contributed by atoms with Gasteiger partial charge in [-0.25, -0.2) is 17.1 Å². The summed E-state index contributed by atoms with van der Waals surface area (Å²) in [5.41, 5.74) is 2.82. The number of alkyl halides is 1. The second-order valence-corrected chi connectivity index (χ2v) is 11.5. The molecular formula is C27H33FN6O3S. The Morgan fingerprint density at radius 3 is 2.76 bits per heavy atom. The smallest absolute Gasteiger partial charge is 0.242 e. The molecule has 1 saturated heterocycles. The molecule has 0 bridgehead atoms. The molecule has 2 heterocycles. The number of anilines is 2. The lowest BCUT2D eigenvalue weighted by Gasteiger charge is -2.33. The molecule has 1 aromatic heterocycles. The molecule has 0 spiro atoms. The van der Waals surface area contributed by atoms with Crippen LogP contribution in [-0.2, 0) is 10.0 Å². The number of benzene rings is 2.